The Labute approximate surface area is 116 Å². The second-order valence-corrected chi connectivity index (χ2v) is 6.13. The normalized spacial score (nSPS) is 20.4. The molecule has 0 aliphatic heterocycles. The largest absolute Gasteiger partial charge is 0.339 e. The first-order valence-electron chi connectivity index (χ1n) is 7.76. The molecule has 1 saturated carbocycles. The fourth-order valence-electron chi connectivity index (χ4n) is 2.84. The number of hydrogen-bond donors (Lipinski definition) is 1. The van der Waals surface area contributed by atoms with Gasteiger partial charge in [0, 0.05) is 17.9 Å². The third-order valence-corrected chi connectivity index (χ3v) is 4.15. The molecule has 1 aliphatic rings. The van der Waals surface area contributed by atoms with Gasteiger partial charge in [0.2, 0.25) is 5.89 Å². The Kier molecular flexibility index (Phi) is 5.37. The molecule has 0 bridgehead atoms. The number of hydrogen-bond acceptors (Lipinski definition) is 4. The van der Waals surface area contributed by atoms with Gasteiger partial charge in [0.05, 0.1) is 0 Å². The van der Waals surface area contributed by atoms with Crippen LogP contribution in [0.4, 0.5) is 0 Å². The minimum atomic E-state index is 0.285. The summed E-state index contributed by atoms with van der Waals surface area (Å²) < 4.78 is 5.44. The summed E-state index contributed by atoms with van der Waals surface area (Å²) in [7, 11) is 0. The van der Waals surface area contributed by atoms with Crippen LogP contribution >= 0.6 is 0 Å². The van der Waals surface area contributed by atoms with Crippen LogP contribution in [0.3, 0.4) is 0 Å². The first kappa shape index (κ1) is 14.5. The van der Waals surface area contributed by atoms with E-state index in [1.54, 1.807) is 0 Å². The fraction of sp³-hybridized carbons (Fsp3) is 0.867. The highest BCUT2D eigenvalue weighted by Crippen LogP contribution is 2.31. The molecule has 0 amide bonds. The summed E-state index contributed by atoms with van der Waals surface area (Å²) in [6, 6.07) is 0.285. The van der Waals surface area contributed by atoms with Crippen LogP contribution in [0.25, 0.3) is 0 Å². The highest BCUT2D eigenvalue weighted by molar-refractivity contribution is 4.99. The van der Waals surface area contributed by atoms with Crippen molar-refractivity contribution in [1.82, 2.24) is 10.1 Å². The zero-order valence-corrected chi connectivity index (χ0v) is 12.3. The second-order valence-electron chi connectivity index (χ2n) is 6.13. The molecular weight excluding hydrogens is 238 g/mol. The van der Waals surface area contributed by atoms with Crippen LogP contribution in [0.2, 0.25) is 0 Å². The summed E-state index contributed by atoms with van der Waals surface area (Å²) >= 11 is 0. The van der Waals surface area contributed by atoms with Crippen LogP contribution in [0.5, 0.6) is 0 Å². The van der Waals surface area contributed by atoms with Crippen LogP contribution in [0.1, 0.15) is 88.8 Å². The summed E-state index contributed by atoms with van der Waals surface area (Å²) in [6.45, 7) is 4.22. The molecule has 4 nitrogen and oxygen atoms in total. The lowest BCUT2D eigenvalue weighted by Crippen LogP contribution is -2.14. The molecule has 4 heteroatoms. The highest BCUT2D eigenvalue weighted by Gasteiger charge is 2.22. The van der Waals surface area contributed by atoms with Crippen LogP contribution in [-0.4, -0.2) is 16.2 Å². The molecule has 2 N–H and O–H groups in total. The minimum Gasteiger partial charge on any atom is -0.339 e. The lowest BCUT2D eigenvalue weighted by Gasteiger charge is -2.17. The Hall–Kier alpha value is -0.900. The Morgan fingerprint density at radius 1 is 1.21 bits per heavy atom. The van der Waals surface area contributed by atoms with E-state index in [1.807, 2.05) is 0 Å². The minimum absolute atomic E-state index is 0.285. The molecular formula is C15H27N3O. The van der Waals surface area contributed by atoms with E-state index in [1.165, 1.54) is 32.1 Å². The molecule has 19 heavy (non-hydrogen) atoms. The Morgan fingerprint density at radius 3 is 2.63 bits per heavy atom. The van der Waals surface area contributed by atoms with Crippen molar-refractivity contribution < 1.29 is 4.52 Å². The molecule has 1 fully saturated rings. The molecule has 1 aromatic rings. The zero-order chi connectivity index (χ0) is 13.7. The van der Waals surface area contributed by atoms with E-state index >= 15 is 0 Å². The molecule has 2 rings (SSSR count). The molecule has 0 aromatic carbocycles. The molecule has 108 valence electrons. The smallest absolute Gasteiger partial charge is 0.229 e. The second kappa shape index (κ2) is 7.04. The molecule has 0 spiro atoms. The summed E-state index contributed by atoms with van der Waals surface area (Å²) in [4.78, 5) is 4.62. The van der Waals surface area contributed by atoms with Crippen LogP contribution in [0, 0.1) is 0 Å². The van der Waals surface area contributed by atoms with Crippen molar-refractivity contribution in [3.8, 4) is 0 Å². The van der Waals surface area contributed by atoms with E-state index in [4.69, 9.17) is 10.3 Å². The molecule has 1 aromatic heterocycles. The lowest BCUT2D eigenvalue weighted by molar-refractivity contribution is 0.337. The Bertz CT molecular complexity index is 369. The van der Waals surface area contributed by atoms with Gasteiger partial charge in [-0.25, -0.2) is 0 Å². The third kappa shape index (κ3) is 4.30. The quantitative estimate of drug-likeness (QED) is 0.851. The first-order chi connectivity index (χ1) is 9.16. The van der Waals surface area contributed by atoms with Crippen LogP contribution in [0.15, 0.2) is 4.52 Å². The van der Waals surface area contributed by atoms with Crippen LogP contribution in [-0.2, 0) is 0 Å². The first-order valence-corrected chi connectivity index (χ1v) is 7.76. The zero-order valence-electron chi connectivity index (χ0n) is 12.3. The molecule has 1 aliphatic carbocycles. The van der Waals surface area contributed by atoms with Gasteiger partial charge in [-0.2, -0.15) is 4.98 Å². The maximum atomic E-state index is 5.77. The standard InChI is InChI=1S/C15H27N3O/c1-11(7-6-8-12(2)16)15-17-14(18-19-15)13-9-4-3-5-10-13/h11-13H,3-10,16H2,1-2H3. The number of nitrogens with two attached hydrogens (primary N) is 1. The molecule has 2 unspecified atom stereocenters. The van der Waals surface area contributed by atoms with Crippen molar-refractivity contribution >= 4 is 0 Å². The summed E-state index contributed by atoms with van der Waals surface area (Å²) in [5, 5.41) is 4.19. The maximum Gasteiger partial charge on any atom is 0.229 e. The van der Waals surface area contributed by atoms with E-state index in [0.717, 1.165) is 31.0 Å². The van der Waals surface area contributed by atoms with E-state index in [9.17, 15) is 0 Å². The highest BCUT2D eigenvalue weighted by atomic mass is 16.5. The summed E-state index contributed by atoms with van der Waals surface area (Å²) in [5.74, 6) is 2.63. The van der Waals surface area contributed by atoms with Gasteiger partial charge in [0.25, 0.3) is 0 Å². The van der Waals surface area contributed by atoms with Crippen molar-refractivity contribution in [3.05, 3.63) is 11.7 Å². The molecule has 2 atom stereocenters. The van der Waals surface area contributed by atoms with E-state index in [0.29, 0.717) is 11.8 Å². The van der Waals surface area contributed by atoms with Crippen molar-refractivity contribution in [3.63, 3.8) is 0 Å². The number of nitrogens with zero attached hydrogens (tertiary/aromatic N) is 2. The molecule has 1 heterocycles. The summed E-state index contributed by atoms with van der Waals surface area (Å²) in [5.41, 5.74) is 5.77. The average Bonchev–Trinajstić information content (AvgIpc) is 2.89. The van der Waals surface area contributed by atoms with Gasteiger partial charge in [-0.05, 0) is 32.6 Å². The van der Waals surface area contributed by atoms with Crippen LogP contribution < -0.4 is 5.73 Å². The monoisotopic (exact) mass is 265 g/mol. The molecule has 0 radical (unpaired) electrons. The lowest BCUT2D eigenvalue weighted by atomic mass is 9.89. The van der Waals surface area contributed by atoms with Crippen molar-refractivity contribution in [2.45, 2.75) is 83.1 Å². The summed E-state index contributed by atoms with van der Waals surface area (Å²) in [6.07, 6.45) is 9.67. The predicted molar refractivity (Wildman–Crippen MR) is 76.0 cm³/mol. The van der Waals surface area contributed by atoms with Gasteiger partial charge in [0.15, 0.2) is 5.82 Å². The van der Waals surface area contributed by atoms with Gasteiger partial charge >= 0.3 is 0 Å². The van der Waals surface area contributed by atoms with Crippen molar-refractivity contribution in [2.75, 3.05) is 0 Å². The maximum absolute atomic E-state index is 5.77. The van der Waals surface area contributed by atoms with Gasteiger partial charge in [-0.3, -0.25) is 0 Å². The van der Waals surface area contributed by atoms with E-state index < -0.39 is 0 Å². The van der Waals surface area contributed by atoms with Gasteiger partial charge < -0.3 is 10.3 Å². The average molecular weight is 265 g/mol. The SMILES string of the molecule is CC(N)CCCC(C)c1nc(C2CCCCC2)no1. The third-order valence-electron chi connectivity index (χ3n) is 4.15. The van der Waals surface area contributed by atoms with Gasteiger partial charge in [-0.15, -0.1) is 0 Å². The van der Waals surface area contributed by atoms with Crippen molar-refractivity contribution in [1.29, 1.82) is 0 Å². The van der Waals surface area contributed by atoms with E-state index in [-0.39, 0.29) is 6.04 Å². The Balaban J connectivity index is 1.85. The fourth-order valence-corrected chi connectivity index (χ4v) is 2.84. The van der Waals surface area contributed by atoms with E-state index in [2.05, 4.69) is 24.0 Å². The van der Waals surface area contributed by atoms with Crippen molar-refractivity contribution in [2.24, 2.45) is 5.73 Å². The molecule has 0 saturated heterocycles. The topological polar surface area (TPSA) is 64.9 Å². The Morgan fingerprint density at radius 2 is 1.95 bits per heavy atom. The van der Waals surface area contributed by atoms with Gasteiger partial charge in [-0.1, -0.05) is 37.8 Å². The number of rotatable bonds is 6. The van der Waals surface area contributed by atoms with Gasteiger partial charge in [0.1, 0.15) is 0 Å². The number of aromatic nitrogens is 2. The predicted octanol–water partition coefficient (Wildman–Crippen LogP) is 3.74.